The summed E-state index contributed by atoms with van der Waals surface area (Å²) in [4.78, 5) is 16.8. The Morgan fingerprint density at radius 1 is 1.18 bits per heavy atom. The number of benzene rings is 1. The van der Waals surface area contributed by atoms with Crippen LogP contribution in [0.5, 0.6) is 0 Å². The van der Waals surface area contributed by atoms with E-state index in [2.05, 4.69) is 22.0 Å². The molecule has 108 valence electrons. The van der Waals surface area contributed by atoms with Crippen LogP contribution in [0.1, 0.15) is 27.8 Å². The number of hydrogen-bond donors (Lipinski definition) is 1. The third-order valence-corrected chi connectivity index (χ3v) is 3.90. The lowest BCUT2D eigenvalue weighted by molar-refractivity contribution is 0.244. The molecule has 0 fully saturated rings. The highest BCUT2D eigenvalue weighted by Crippen LogP contribution is 2.18. The number of nitrogens with zero attached hydrogens (tertiary/aromatic N) is 3. The first-order valence-electron chi connectivity index (χ1n) is 7.05. The smallest absolute Gasteiger partial charge is 0.252 e. The van der Waals surface area contributed by atoms with E-state index in [9.17, 15) is 4.79 Å². The summed E-state index contributed by atoms with van der Waals surface area (Å²) in [5, 5.41) is 18.1. The summed E-state index contributed by atoms with van der Waals surface area (Å²) in [6.45, 7) is 2.07. The van der Waals surface area contributed by atoms with Crippen LogP contribution in [0.2, 0.25) is 0 Å². The Hall–Kier alpha value is -2.89. The van der Waals surface area contributed by atoms with Gasteiger partial charge in [0.25, 0.3) is 5.56 Å². The monoisotopic (exact) mass is 290 g/mol. The third kappa shape index (κ3) is 2.76. The lowest BCUT2D eigenvalue weighted by atomic mass is 10.0. The predicted octanol–water partition coefficient (Wildman–Crippen LogP) is 1.68. The van der Waals surface area contributed by atoms with E-state index in [0.29, 0.717) is 24.2 Å². The van der Waals surface area contributed by atoms with Gasteiger partial charge in [0.05, 0.1) is 23.3 Å². The van der Waals surface area contributed by atoms with E-state index < -0.39 is 0 Å². The van der Waals surface area contributed by atoms with Crippen LogP contribution in [0.3, 0.4) is 0 Å². The molecule has 0 atom stereocenters. The lowest BCUT2D eigenvalue weighted by Crippen LogP contribution is -2.34. The van der Waals surface area contributed by atoms with Crippen molar-refractivity contribution in [1.29, 1.82) is 10.5 Å². The second-order valence-corrected chi connectivity index (χ2v) is 5.41. The van der Waals surface area contributed by atoms with Gasteiger partial charge in [0, 0.05) is 31.4 Å². The second-order valence-electron chi connectivity index (χ2n) is 5.41. The van der Waals surface area contributed by atoms with Crippen LogP contribution in [0.15, 0.2) is 35.3 Å². The number of pyridine rings is 1. The lowest BCUT2D eigenvalue weighted by Gasteiger charge is -2.28. The van der Waals surface area contributed by atoms with Crippen LogP contribution in [-0.4, -0.2) is 16.4 Å². The largest absolute Gasteiger partial charge is 0.329 e. The van der Waals surface area contributed by atoms with Crippen molar-refractivity contribution >= 4 is 0 Å². The highest BCUT2D eigenvalue weighted by molar-refractivity contribution is 5.42. The maximum absolute atomic E-state index is 11.9. The van der Waals surface area contributed by atoms with E-state index in [4.69, 9.17) is 10.5 Å². The summed E-state index contributed by atoms with van der Waals surface area (Å²) >= 11 is 0. The SMILES string of the molecule is N#Cc1cc(C#N)cc(CN2CCc3cc[nH]c(=O)c3C2)c1. The quantitative estimate of drug-likeness (QED) is 0.912. The molecule has 0 saturated carbocycles. The number of aromatic nitrogens is 1. The van der Waals surface area contributed by atoms with Crippen LogP contribution in [0.25, 0.3) is 0 Å². The molecule has 5 heteroatoms. The second kappa shape index (κ2) is 5.85. The van der Waals surface area contributed by atoms with E-state index in [1.165, 1.54) is 0 Å². The number of nitrogens with one attached hydrogen (secondary N) is 1. The Labute approximate surface area is 128 Å². The highest BCUT2D eigenvalue weighted by atomic mass is 16.1. The summed E-state index contributed by atoms with van der Waals surface area (Å²) in [5.41, 5.74) is 3.78. The minimum absolute atomic E-state index is 0.0364. The molecule has 0 radical (unpaired) electrons. The topological polar surface area (TPSA) is 83.7 Å². The molecule has 1 aromatic heterocycles. The number of aromatic amines is 1. The summed E-state index contributed by atoms with van der Waals surface area (Å²) < 4.78 is 0. The molecule has 0 bridgehead atoms. The molecule has 0 spiro atoms. The molecule has 0 amide bonds. The summed E-state index contributed by atoms with van der Waals surface area (Å²) in [7, 11) is 0. The molecular weight excluding hydrogens is 276 g/mol. The summed E-state index contributed by atoms with van der Waals surface area (Å²) in [6, 6.07) is 11.3. The molecule has 1 N–H and O–H groups in total. The summed E-state index contributed by atoms with van der Waals surface area (Å²) in [6.07, 6.45) is 2.52. The minimum atomic E-state index is -0.0364. The Kier molecular flexibility index (Phi) is 3.74. The Morgan fingerprint density at radius 3 is 2.59 bits per heavy atom. The fourth-order valence-corrected chi connectivity index (χ4v) is 2.85. The van der Waals surface area contributed by atoms with Gasteiger partial charge in [0.15, 0.2) is 0 Å². The fraction of sp³-hybridized carbons (Fsp3) is 0.235. The van der Waals surface area contributed by atoms with Crippen LogP contribution in [0, 0.1) is 22.7 Å². The van der Waals surface area contributed by atoms with E-state index in [0.717, 1.165) is 29.7 Å². The van der Waals surface area contributed by atoms with Crippen molar-refractivity contribution in [3.05, 3.63) is 68.6 Å². The van der Waals surface area contributed by atoms with Gasteiger partial charge in [-0.1, -0.05) is 0 Å². The number of nitriles is 2. The van der Waals surface area contributed by atoms with Crippen molar-refractivity contribution in [3.63, 3.8) is 0 Å². The first-order chi connectivity index (χ1) is 10.7. The average molecular weight is 290 g/mol. The van der Waals surface area contributed by atoms with E-state index in [1.807, 2.05) is 6.07 Å². The zero-order valence-electron chi connectivity index (χ0n) is 12.0. The van der Waals surface area contributed by atoms with Gasteiger partial charge in [-0.3, -0.25) is 9.69 Å². The van der Waals surface area contributed by atoms with Gasteiger partial charge in [-0.25, -0.2) is 0 Å². The molecule has 3 rings (SSSR count). The maximum atomic E-state index is 11.9. The number of hydrogen-bond acceptors (Lipinski definition) is 4. The molecule has 5 nitrogen and oxygen atoms in total. The first-order valence-corrected chi connectivity index (χ1v) is 7.05. The van der Waals surface area contributed by atoms with Gasteiger partial charge in [0.1, 0.15) is 0 Å². The molecular formula is C17H14N4O. The zero-order valence-corrected chi connectivity index (χ0v) is 12.0. The minimum Gasteiger partial charge on any atom is -0.329 e. The van der Waals surface area contributed by atoms with Gasteiger partial charge in [-0.15, -0.1) is 0 Å². The van der Waals surface area contributed by atoms with Crippen LogP contribution in [0.4, 0.5) is 0 Å². The molecule has 22 heavy (non-hydrogen) atoms. The van der Waals surface area contributed by atoms with Gasteiger partial charge < -0.3 is 4.98 Å². The Balaban J connectivity index is 1.84. The third-order valence-electron chi connectivity index (χ3n) is 3.90. The van der Waals surface area contributed by atoms with Crippen molar-refractivity contribution in [1.82, 2.24) is 9.88 Å². The molecule has 2 aromatic rings. The van der Waals surface area contributed by atoms with Gasteiger partial charge in [-0.2, -0.15) is 10.5 Å². The highest BCUT2D eigenvalue weighted by Gasteiger charge is 2.19. The number of fused-ring (bicyclic) bond motifs is 1. The molecule has 0 saturated heterocycles. The molecule has 2 heterocycles. The van der Waals surface area contributed by atoms with Crippen molar-refractivity contribution in [3.8, 4) is 12.1 Å². The summed E-state index contributed by atoms with van der Waals surface area (Å²) in [5.74, 6) is 0. The van der Waals surface area contributed by atoms with Crippen molar-refractivity contribution in [2.75, 3.05) is 6.54 Å². The normalized spacial score (nSPS) is 13.9. The predicted molar refractivity (Wildman–Crippen MR) is 80.8 cm³/mol. The average Bonchev–Trinajstić information content (AvgIpc) is 2.55. The van der Waals surface area contributed by atoms with Crippen molar-refractivity contribution in [2.24, 2.45) is 0 Å². The Bertz CT molecular complexity index is 822. The zero-order chi connectivity index (χ0) is 15.5. The molecule has 1 aromatic carbocycles. The van der Waals surface area contributed by atoms with Gasteiger partial charge in [0.2, 0.25) is 0 Å². The van der Waals surface area contributed by atoms with E-state index in [1.54, 1.807) is 24.4 Å². The van der Waals surface area contributed by atoms with Crippen molar-refractivity contribution in [2.45, 2.75) is 19.5 Å². The van der Waals surface area contributed by atoms with Crippen LogP contribution >= 0.6 is 0 Å². The Morgan fingerprint density at radius 2 is 1.91 bits per heavy atom. The molecule has 0 unspecified atom stereocenters. The van der Waals surface area contributed by atoms with Gasteiger partial charge in [-0.05, 0) is 41.8 Å². The van der Waals surface area contributed by atoms with Crippen LogP contribution < -0.4 is 5.56 Å². The molecule has 1 aliphatic heterocycles. The standard InChI is InChI=1S/C17H14N4O/c18-8-12-5-13(9-19)7-14(6-12)10-21-4-2-15-1-3-20-17(22)16(15)11-21/h1,3,5-7H,2,4,10-11H2,(H,20,22). The molecule has 1 aliphatic rings. The van der Waals surface area contributed by atoms with E-state index >= 15 is 0 Å². The molecule has 0 aliphatic carbocycles. The van der Waals surface area contributed by atoms with Gasteiger partial charge >= 0.3 is 0 Å². The number of H-pyrrole nitrogens is 1. The maximum Gasteiger partial charge on any atom is 0.252 e. The van der Waals surface area contributed by atoms with Crippen LogP contribution in [-0.2, 0) is 19.5 Å². The fourth-order valence-electron chi connectivity index (χ4n) is 2.85. The number of rotatable bonds is 2. The van der Waals surface area contributed by atoms with Crippen molar-refractivity contribution < 1.29 is 0 Å². The first kappa shape index (κ1) is 14.1. The van der Waals surface area contributed by atoms with E-state index in [-0.39, 0.29) is 5.56 Å².